The Balaban J connectivity index is 4.20. The monoisotopic (exact) mass is 1140 g/mol. The fraction of sp³-hybridized carbons (Fsp3) is 0.681. The van der Waals surface area contributed by atoms with Crippen molar-refractivity contribution in [2.75, 3.05) is 40.9 Å². The summed E-state index contributed by atoms with van der Waals surface area (Å²) in [6.45, 7) is 4.52. The van der Waals surface area contributed by atoms with Crippen molar-refractivity contribution in [3.63, 3.8) is 0 Å². The fourth-order valence-electron chi connectivity index (χ4n) is 8.99. The number of phosphoric acid groups is 1. The third kappa shape index (κ3) is 64.1. The van der Waals surface area contributed by atoms with Gasteiger partial charge < -0.3 is 28.8 Å². The number of quaternary nitrogens is 1. The van der Waals surface area contributed by atoms with Crippen LogP contribution in [0.25, 0.3) is 0 Å². The molecule has 0 aromatic carbocycles. The number of allylic oxidation sites excluding steroid dienone is 21. The molecule has 3 atom stereocenters. The van der Waals surface area contributed by atoms with Gasteiger partial charge in [-0.05, 0) is 103 Å². The first kappa shape index (κ1) is 77.6. The Morgan fingerprint density at radius 2 is 0.765 bits per heavy atom. The van der Waals surface area contributed by atoms with Crippen LogP contribution in [0.5, 0.6) is 0 Å². The lowest BCUT2D eigenvalue weighted by Crippen LogP contribution is -2.45. The van der Waals surface area contributed by atoms with Gasteiger partial charge >= 0.3 is 0 Å². The standard InChI is InChI=1S/C72H125N2O6P/c1-6-8-10-12-14-16-18-20-22-24-26-28-30-31-32-33-34-35-36-37-38-39-40-41-42-43-44-46-48-50-52-54-56-58-60-62-64-66-72(76)73-70(69-80-81(77,78)79-68-67-74(3,4)5)71(75)65-63-61-59-57-55-53-51-49-47-45-29-27-25-23-21-19-17-15-13-11-9-7-2/h8,10,14,16,20,22,26,28,31-32,34-35,37-38,40-41,43-44,55,57,63,65,70-71,75H,6-7,9,11-13,15,17-19,21,23-25,27,29-30,33,36,39,42,45-54,56,58-62,64,66-69H2,1-5H3,(H-,73,76,77,78)/b10-8-,16-14-,22-20-,28-26-,32-31-,35-34-,38-37-,41-40-,44-43-,57-55+,65-63+. The summed E-state index contributed by atoms with van der Waals surface area (Å²) in [5, 5.41) is 13.9. The van der Waals surface area contributed by atoms with Crippen LogP contribution in [-0.4, -0.2) is 68.5 Å². The number of unbranched alkanes of at least 4 members (excludes halogenated alkanes) is 26. The Labute approximate surface area is 500 Å². The number of likely N-dealkylation sites (N-methyl/N-ethyl adjacent to an activating group) is 1. The molecule has 1 amide bonds. The summed E-state index contributed by atoms with van der Waals surface area (Å²) in [6, 6.07) is -0.917. The van der Waals surface area contributed by atoms with E-state index in [9.17, 15) is 19.4 Å². The van der Waals surface area contributed by atoms with E-state index in [0.717, 1.165) is 109 Å². The van der Waals surface area contributed by atoms with Crippen molar-refractivity contribution in [2.45, 2.75) is 276 Å². The first-order valence-electron chi connectivity index (χ1n) is 33.0. The molecule has 0 aromatic heterocycles. The highest BCUT2D eigenvalue weighted by atomic mass is 31.2. The quantitative estimate of drug-likeness (QED) is 0.0272. The van der Waals surface area contributed by atoms with Gasteiger partial charge in [-0.1, -0.05) is 289 Å². The number of nitrogens with zero attached hydrogens (tertiary/aromatic N) is 1. The van der Waals surface area contributed by atoms with Gasteiger partial charge in [-0.3, -0.25) is 9.36 Å². The number of nitrogens with one attached hydrogen (secondary N) is 1. The van der Waals surface area contributed by atoms with Crippen LogP contribution >= 0.6 is 7.82 Å². The highest BCUT2D eigenvalue weighted by Crippen LogP contribution is 2.38. The molecule has 0 aliphatic heterocycles. The molecule has 0 saturated heterocycles. The lowest BCUT2D eigenvalue weighted by molar-refractivity contribution is -0.870. The van der Waals surface area contributed by atoms with Crippen LogP contribution in [0.3, 0.4) is 0 Å². The third-order valence-corrected chi connectivity index (χ3v) is 15.1. The van der Waals surface area contributed by atoms with Gasteiger partial charge in [0.05, 0.1) is 39.9 Å². The van der Waals surface area contributed by atoms with E-state index < -0.39 is 26.6 Å². The predicted octanol–water partition coefficient (Wildman–Crippen LogP) is 20.4. The van der Waals surface area contributed by atoms with E-state index in [4.69, 9.17) is 9.05 Å². The average molecular weight is 1150 g/mol. The molecule has 81 heavy (non-hydrogen) atoms. The molecule has 0 bridgehead atoms. The Kier molecular flexibility index (Phi) is 58.7. The van der Waals surface area contributed by atoms with E-state index in [-0.39, 0.29) is 12.5 Å². The van der Waals surface area contributed by atoms with E-state index in [1.807, 2.05) is 27.2 Å². The maximum absolute atomic E-state index is 13.0. The van der Waals surface area contributed by atoms with Crippen LogP contribution in [0.2, 0.25) is 0 Å². The minimum absolute atomic E-state index is 0.0137. The second-order valence-corrected chi connectivity index (χ2v) is 24.5. The van der Waals surface area contributed by atoms with E-state index in [1.54, 1.807) is 6.08 Å². The summed E-state index contributed by atoms with van der Waals surface area (Å²) in [4.78, 5) is 25.6. The van der Waals surface area contributed by atoms with Crippen molar-refractivity contribution < 1.29 is 32.9 Å². The highest BCUT2D eigenvalue weighted by molar-refractivity contribution is 7.45. The van der Waals surface area contributed by atoms with Gasteiger partial charge in [-0.2, -0.15) is 0 Å². The summed E-state index contributed by atoms with van der Waals surface area (Å²) < 4.78 is 23.4. The van der Waals surface area contributed by atoms with E-state index >= 15 is 0 Å². The number of aliphatic hydroxyl groups is 1. The zero-order valence-corrected chi connectivity index (χ0v) is 53.8. The van der Waals surface area contributed by atoms with Gasteiger partial charge in [0.1, 0.15) is 13.2 Å². The number of carbonyl (C=O) groups is 1. The second kappa shape index (κ2) is 61.2. The van der Waals surface area contributed by atoms with E-state index in [0.29, 0.717) is 17.4 Å². The molecule has 0 saturated carbocycles. The number of amides is 1. The third-order valence-electron chi connectivity index (χ3n) is 14.1. The lowest BCUT2D eigenvalue weighted by Gasteiger charge is -2.29. The van der Waals surface area contributed by atoms with Crippen LogP contribution in [0.15, 0.2) is 134 Å². The highest BCUT2D eigenvalue weighted by Gasteiger charge is 2.23. The van der Waals surface area contributed by atoms with Crippen molar-refractivity contribution in [3.8, 4) is 0 Å². The molecule has 0 aliphatic carbocycles. The van der Waals surface area contributed by atoms with Crippen LogP contribution in [-0.2, 0) is 18.4 Å². The molecular formula is C72H125N2O6P. The van der Waals surface area contributed by atoms with Gasteiger partial charge in [0, 0.05) is 6.42 Å². The smallest absolute Gasteiger partial charge is 0.268 e. The maximum Gasteiger partial charge on any atom is 0.268 e. The van der Waals surface area contributed by atoms with E-state index in [2.05, 4.69) is 141 Å². The van der Waals surface area contributed by atoms with Crippen LogP contribution in [0.4, 0.5) is 0 Å². The zero-order valence-electron chi connectivity index (χ0n) is 52.9. The summed E-state index contributed by atoms with van der Waals surface area (Å²) >= 11 is 0. The summed E-state index contributed by atoms with van der Waals surface area (Å²) in [7, 11) is 1.23. The lowest BCUT2D eigenvalue weighted by atomic mass is 10.0. The Morgan fingerprint density at radius 3 is 1.15 bits per heavy atom. The van der Waals surface area contributed by atoms with E-state index in [1.165, 1.54) is 135 Å². The first-order chi connectivity index (χ1) is 39.5. The summed E-state index contributed by atoms with van der Waals surface area (Å²) in [5.74, 6) is -0.217. The predicted molar refractivity (Wildman–Crippen MR) is 352 cm³/mol. The first-order valence-corrected chi connectivity index (χ1v) is 34.5. The Hall–Kier alpha value is -3.36. The number of hydrogen-bond donors (Lipinski definition) is 2. The molecular weight excluding hydrogens is 1020 g/mol. The minimum Gasteiger partial charge on any atom is -0.756 e. The molecule has 9 heteroatoms. The topological polar surface area (TPSA) is 108 Å². The molecule has 0 aliphatic rings. The molecule has 0 rings (SSSR count). The molecule has 464 valence electrons. The number of hydrogen-bond acceptors (Lipinski definition) is 6. The van der Waals surface area contributed by atoms with Gasteiger partial charge in [-0.15, -0.1) is 0 Å². The molecule has 8 nitrogen and oxygen atoms in total. The largest absolute Gasteiger partial charge is 0.756 e. The Bertz CT molecular complexity index is 1780. The molecule has 0 radical (unpaired) electrons. The summed E-state index contributed by atoms with van der Waals surface area (Å²) in [6.07, 6.45) is 92.7. The van der Waals surface area contributed by atoms with Crippen LogP contribution < -0.4 is 10.2 Å². The molecule has 0 spiro atoms. The van der Waals surface area contributed by atoms with Crippen molar-refractivity contribution in [2.24, 2.45) is 0 Å². The molecule has 3 unspecified atom stereocenters. The maximum atomic E-state index is 13.0. The van der Waals surface area contributed by atoms with Crippen LogP contribution in [0.1, 0.15) is 264 Å². The van der Waals surface area contributed by atoms with Gasteiger partial charge in [0.25, 0.3) is 7.82 Å². The Morgan fingerprint density at radius 1 is 0.444 bits per heavy atom. The van der Waals surface area contributed by atoms with Crippen molar-refractivity contribution in [3.05, 3.63) is 134 Å². The zero-order chi connectivity index (χ0) is 59.1. The van der Waals surface area contributed by atoms with Gasteiger partial charge in [0.15, 0.2) is 0 Å². The van der Waals surface area contributed by atoms with Crippen molar-refractivity contribution >= 4 is 13.7 Å². The summed E-state index contributed by atoms with van der Waals surface area (Å²) in [5.41, 5.74) is 0. The number of rotatable bonds is 59. The average Bonchev–Trinajstić information content (AvgIpc) is 3.43. The fourth-order valence-corrected chi connectivity index (χ4v) is 9.71. The van der Waals surface area contributed by atoms with Crippen molar-refractivity contribution in [1.82, 2.24) is 5.32 Å². The minimum atomic E-state index is -4.62. The SMILES string of the molecule is CC/C=C\C/C=C\C/C=C\C/C=C\C/C=C\C/C=C\C/C=C\C/C=C\C/C=C\CCCCCCCCCCCC(=O)NC(COP(=O)([O-])OCC[N+](C)(C)C)C(O)/C=C/CC/C=C/CCCCCCCCCCCCCCCCCC. The van der Waals surface area contributed by atoms with Crippen LogP contribution in [0, 0.1) is 0 Å². The van der Waals surface area contributed by atoms with Gasteiger partial charge in [0.2, 0.25) is 5.91 Å². The molecule has 0 fully saturated rings. The normalized spacial score (nSPS) is 14.6. The number of aliphatic hydroxyl groups excluding tert-OH is 1. The number of carbonyl (C=O) groups excluding carboxylic acids is 1. The number of phosphoric ester groups is 1. The molecule has 2 N–H and O–H groups in total. The van der Waals surface area contributed by atoms with Crippen molar-refractivity contribution in [1.29, 1.82) is 0 Å². The second-order valence-electron chi connectivity index (χ2n) is 23.1. The molecule has 0 aromatic rings. The molecule has 0 heterocycles. The van der Waals surface area contributed by atoms with Gasteiger partial charge in [-0.25, -0.2) is 0 Å².